The van der Waals surface area contributed by atoms with Crippen molar-refractivity contribution in [1.82, 2.24) is 15.5 Å². The minimum Gasteiger partial charge on any atom is -0.487 e. The fourth-order valence-electron chi connectivity index (χ4n) is 5.82. The van der Waals surface area contributed by atoms with Crippen LogP contribution in [0.15, 0.2) is 29.3 Å². The molecule has 3 aliphatic heterocycles. The number of nitrogens with one attached hydrogen (secondary N) is 2. The van der Waals surface area contributed by atoms with Crippen molar-refractivity contribution in [3.8, 4) is 5.75 Å². The van der Waals surface area contributed by atoms with Gasteiger partial charge in [0, 0.05) is 50.0 Å². The van der Waals surface area contributed by atoms with Crippen LogP contribution in [-0.4, -0.2) is 73.4 Å². The lowest BCUT2D eigenvalue weighted by Crippen LogP contribution is -2.60. The van der Waals surface area contributed by atoms with E-state index in [2.05, 4.69) is 56.6 Å². The molecule has 2 N–H and O–H groups in total. The molecule has 0 radical (unpaired) electrons. The van der Waals surface area contributed by atoms with Crippen LogP contribution in [0, 0.1) is 0 Å². The lowest BCUT2D eigenvalue weighted by atomic mass is 9.86. The number of thioether (sulfide) groups is 1. The number of aliphatic imine (C=N–C) groups is 1. The molecule has 3 fully saturated rings. The summed E-state index contributed by atoms with van der Waals surface area (Å²) in [4.78, 5) is 7.26. The normalized spacial score (nSPS) is 29.8. The van der Waals surface area contributed by atoms with Crippen molar-refractivity contribution in [1.29, 1.82) is 0 Å². The summed E-state index contributed by atoms with van der Waals surface area (Å²) in [5, 5.41) is 7.47. The highest BCUT2D eigenvalue weighted by Gasteiger charge is 2.44. The molecule has 178 valence electrons. The molecule has 5 rings (SSSR count). The van der Waals surface area contributed by atoms with E-state index < -0.39 is 0 Å². The molecule has 2 unspecified atom stereocenters. The average molecular weight is 573 g/mol. The second-order valence-electron chi connectivity index (χ2n) is 9.48. The van der Waals surface area contributed by atoms with Gasteiger partial charge in [-0.25, -0.2) is 0 Å². The van der Waals surface area contributed by atoms with E-state index in [0.29, 0.717) is 0 Å². The Morgan fingerprint density at radius 1 is 1.19 bits per heavy atom. The standard InChI is InChI=1S/C24H36N4O2S.HI/c1-25-22(26-17-23(10-15-31-18-23)28-11-13-29-14-12-28)27-20-16-24(8-4-5-9-24)30-21-7-3-2-6-19(20)21;/h2-3,6-7,20H,4-5,8-18H2,1H3,(H2,25,26,27);1H. The Balaban J connectivity index is 0.00000245. The number of hydrogen-bond donors (Lipinski definition) is 2. The van der Waals surface area contributed by atoms with Crippen LogP contribution in [0.1, 0.15) is 50.1 Å². The first-order chi connectivity index (χ1) is 15.2. The van der Waals surface area contributed by atoms with E-state index in [1.165, 1.54) is 36.3 Å². The van der Waals surface area contributed by atoms with E-state index in [1.807, 2.05) is 7.05 Å². The summed E-state index contributed by atoms with van der Waals surface area (Å²) in [7, 11) is 1.89. The topological polar surface area (TPSA) is 58.1 Å². The summed E-state index contributed by atoms with van der Waals surface area (Å²) in [5.41, 5.74) is 1.44. The van der Waals surface area contributed by atoms with Crippen molar-refractivity contribution in [2.24, 2.45) is 4.99 Å². The number of morpholine rings is 1. The third kappa shape index (κ3) is 5.03. The predicted octanol–water partition coefficient (Wildman–Crippen LogP) is 3.81. The van der Waals surface area contributed by atoms with Crippen LogP contribution in [-0.2, 0) is 4.74 Å². The van der Waals surface area contributed by atoms with Crippen molar-refractivity contribution in [3.63, 3.8) is 0 Å². The van der Waals surface area contributed by atoms with Crippen LogP contribution in [0.4, 0.5) is 0 Å². The molecular weight excluding hydrogens is 535 g/mol. The molecule has 1 aromatic rings. The lowest BCUT2D eigenvalue weighted by Gasteiger charge is -2.43. The van der Waals surface area contributed by atoms with Gasteiger partial charge in [-0.3, -0.25) is 9.89 Å². The van der Waals surface area contributed by atoms with Crippen LogP contribution >= 0.6 is 35.7 Å². The number of hydrogen-bond acceptors (Lipinski definition) is 5. The molecule has 0 bridgehead atoms. The fourth-order valence-corrected chi connectivity index (χ4v) is 7.29. The molecule has 0 amide bonds. The fraction of sp³-hybridized carbons (Fsp3) is 0.708. The van der Waals surface area contributed by atoms with Crippen molar-refractivity contribution < 1.29 is 9.47 Å². The molecule has 2 atom stereocenters. The Morgan fingerprint density at radius 3 is 2.69 bits per heavy atom. The number of halogens is 1. The number of ether oxygens (including phenoxy) is 2. The molecule has 4 aliphatic rings. The molecule has 1 spiro atoms. The van der Waals surface area contributed by atoms with Gasteiger partial charge >= 0.3 is 0 Å². The summed E-state index contributed by atoms with van der Waals surface area (Å²) in [6.07, 6.45) is 7.08. The summed E-state index contributed by atoms with van der Waals surface area (Å²) in [6, 6.07) is 8.75. The van der Waals surface area contributed by atoms with E-state index in [9.17, 15) is 0 Å². The van der Waals surface area contributed by atoms with Crippen LogP contribution in [0.2, 0.25) is 0 Å². The van der Waals surface area contributed by atoms with Gasteiger partial charge in [0.25, 0.3) is 0 Å². The molecule has 8 heteroatoms. The highest BCUT2D eigenvalue weighted by Crippen LogP contribution is 2.47. The summed E-state index contributed by atoms with van der Waals surface area (Å²) in [5.74, 6) is 4.36. The van der Waals surface area contributed by atoms with Gasteiger partial charge in [0.2, 0.25) is 0 Å². The Kier molecular flexibility index (Phi) is 8.16. The van der Waals surface area contributed by atoms with Crippen molar-refractivity contribution in [3.05, 3.63) is 29.8 Å². The molecule has 32 heavy (non-hydrogen) atoms. The smallest absolute Gasteiger partial charge is 0.191 e. The quantitative estimate of drug-likeness (QED) is 0.325. The van der Waals surface area contributed by atoms with Gasteiger partial charge in [-0.2, -0.15) is 11.8 Å². The van der Waals surface area contributed by atoms with E-state index in [4.69, 9.17) is 9.47 Å². The zero-order valence-corrected chi connectivity index (χ0v) is 22.3. The maximum atomic E-state index is 6.54. The number of nitrogens with zero attached hydrogens (tertiary/aromatic N) is 2. The summed E-state index contributed by atoms with van der Waals surface area (Å²) in [6.45, 7) is 4.69. The first-order valence-electron chi connectivity index (χ1n) is 11.9. The van der Waals surface area contributed by atoms with Crippen LogP contribution in [0.5, 0.6) is 5.75 Å². The van der Waals surface area contributed by atoms with E-state index in [1.54, 1.807) is 0 Å². The zero-order valence-electron chi connectivity index (χ0n) is 19.1. The number of rotatable bonds is 4. The maximum absolute atomic E-state index is 6.54. The lowest BCUT2D eigenvalue weighted by molar-refractivity contribution is -0.0120. The molecule has 1 aliphatic carbocycles. The third-order valence-electron chi connectivity index (χ3n) is 7.60. The van der Waals surface area contributed by atoms with Gasteiger partial charge in [-0.05, 0) is 43.9 Å². The van der Waals surface area contributed by atoms with Gasteiger partial charge in [0.05, 0.1) is 19.3 Å². The SMILES string of the molecule is CN=C(NCC1(N2CCOCC2)CCSC1)NC1CC2(CCCC2)Oc2ccccc21.I. The van der Waals surface area contributed by atoms with Gasteiger partial charge < -0.3 is 20.1 Å². The monoisotopic (exact) mass is 572 g/mol. The number of fused-ring (bicyclic) bond motifs is 1. The van der Waals surface area contributed by atoms with Crippen LogP contribution in [0.25, 0.3) is 0 Å². The average Bonchev–Trinajstić information content (AvgIpc) is 3.48. The van der Waals surface area contributed by atoms with Crippen LogP contribution in [0.3, 0.4) is 0 Å². The molecule has 1 saturated carbocycles. The van der Waals surface area contributed by atoms with Crippen molar-refractivity contribution in [2.75, 3.05) is 51.4 Å². The second kappa shape index (κ2) is 10.7. The van der Waals surface area contributed by atoms with E-state index in [0.717, 1.165) is 63.8 Å². The van der Waals surface area contributed by atoms with Crippen molar-refractivity contribution in [2.45, 2.75) is 55.7 Å². The van der Waals surface area contributed by atoms with Gasteiger partial charge in [0.1, 0.15) is 11.4 Å². The Bertz CT molecular complexity index is 790. The second-order valence-corrected chi connectivity index (χ2v) is 10.6. The first kappa shape index (κ1) is 24.4. The highest BCUT2D eigenvalue weighted by molar-refractivity contribution is 14.0. The number of guanidine groups is 1. The van der Waals surface area contributed by atoms with Crippen molar-refractivity contribution >= 4 is 41.7 Å². The predicted molar refractivity (Wildman–Crippen MR) is 143 cm³/mol. The zero-order chi connectivity index (χ0) is 21.2. The molecule has 2 saturated heterocycles. The molecule has 6 nitrogen and oxygen atoms in total. The highest BCUT2D eigenvalue weighted by atomic mass is 127. The Hall–Kier alpha value is -0.710. The van der Waals surface area contributed by atoms with E-state index in [-0.39, 0.29) is 41.2 Å². The van der Waals surface area contributed by atoms with E-state index >= 15 is 0 Å². The molecule has 3 heterocycles. The van der Waals surface area contributed by atoms with Gasteiger partial charge in [-0.1, -0.05) is 18.2 Å². The number of para-hydroxylation sites is 1. The summed E-state index contributed by atoms with van der Waals surface area (Å²) >= 11 is 2.07. The Morgan fingerprint density at radius 2 is 1.97 bits per heavy atom. The Labute approximate surface area is 213 Å². The molecule has 0 aromatic heterocycles. The minimum absolute atomic E-state index is 0. The minimum atomic E-state index is -0.0119. The molecular formula is C24H37IN4O2S. The molecule has 1 aromatic carbocycles. The van der Waals surface area contributed by atoms with Gasteiger partial charge in [0.15, 0.2) is 5.96 Å². The number of benzene rings is 1. The summed E-state index contributed by atoms with van der Waals surface area (Å²) < 4.78 is 12.2. The van der Waals surface area contributed by atoms with Crippen LogP contribution < -0.4 is 15.4 Å². The van der Waals surface area contributed by atoms with Gasteiger partial charge in [-0.15, -0.1) is 24.0 Å². The third-order valence-corrected chi connectivity index (χ3v) is 8.83. The maximum Gasteiger partial charge on any atom is 0.191 e. The largest absolute Gasteiger partial charge is 0.487 e. The first-order valence-corrected chi connectivity index (χ1v) is 13.0.